The summed E-state index contributed by atoms with van der Waals surface area (Å²) in [5.41, 5.74) is 11.2. The van der Waals surface area contributed by atoms with Crippen LogP contribution in [0.4, 0.5) is 11.5 Å². The van der Waals surface area contributed by atoms with Gasteiger partial charge in [0.15, 0.2) is 0 Å². The molecule has 2 fully saturated rings. The van der Waals surface area contributed by atoms with E-state index >= 15 is 0 Å². The number of aromatic nitrogens is 2. The molecule has 0 bridgehead atoms. The number of thiazole rings is 1. The highest BCUT2D eigenvalue weighted by Gasteiger charge is 2.34. The van der Waals surface area contributed by atoms with Gasteiger partial charge in [0.2, 0.25) is 0 Å². The summed E-state index contributed by atoms with van der Waals surface area (Å²) in [6.07, 6.45) is 5.51. The van der Waals surface area contributed by atoms with Gasteiger partial charge in [-0.1, -0.05) is 13.0 Å². The quantitative estimate of drug-likeness (QED) is 0.604. The van der Waals surface area contributed by atoms with Crippen molar-refractivity contribution in [1.82, 2.24) is 14.9 Å². The Morgan fingerprint density at radius 2 is 2.00 bits per heavy atom. The van der Waals surface area contributed by atoms with Crippen LogP contribution in [0.3, 0.4) is 0 Å². The van der Waals surface area contributed by atoms with Crippen molar-refractivity contribution in [3.63, 3.8) is 0 Å². The van der Waals surface area contributed by atoms with Crippen LogP contribution in [-0.2, 0) is 9.59 Å². The monoisotopic (exact) mass is 435 g/mol. The smallest absolute Gasteiger partial charge is 0.313 e. The number of piperidine rings is 1. The third-order valence-corrected chi connectivity index (χ3v) is 7.05. The number of carbonyl (C=O) groups is 2. The van der Waals surface area contributed by atoms with Crippen molar-refractivity contribution in [2.45, 2.75) is 44.6 Å². The van der Waals surface area contributed by atoms with Gasteiger partial charge >= 0.3 is 11.8 Å². The molecular formula is C23H25N5O2S. The Bertz CT molecular complexity index is 1160. The van der Waals surface area contributed by atoms with E-state index in [9.17, 15) is 9.59 Å². The average Bonchev–Trinajstić information content (AvgIpc) is 3.50. The summed E-state index contributed by atoms with van der Waals surface area (Å²) in [4.78, 5) is 36.4. The van der Waals surface area contributed by atoms with Crippen LogP contribution in [0.2, 0.25) is 0 Å². The van der Waals surface area contributed by atoms with E-state index in [0.29, 0.717) is 29.9 Å². The highest BCUT2D eigenvalue weighted by atomic mass is 32.1. The van der Waals surface area contributed by atoms with Crippen molar-refractivity contribution in [3.8, 4) is 0 Å². The van der Waals surface area contributed by atoms with Crippen LogP contribution < -0.4 is 11.1 Å². The van der Waals surface area contributed by atoms with Gasteiger partial charge in [-0.3, -0.25) is 9.59 Å². The Kier molecular flexibility index (Phi) is 5.09. The van der Waals surface area contributed by atoms with Gasteiger partial charge in [0, 0.05) is 6.54 Å². The molecule has 7 nitrogen and oxygen atoms in total. The lowest BCUT2D eigenvalue weighted by atomic mass is 9.89. The molecule has 3 heterocycles. The first-order chi connectivity index (χ1) is 15.0. The minimum atomic E-state index is -0.637. The van der Waals surface area contributed by atoms with Gasteiger partial charge < -0.3 is 16.0 Å². The summed E-state index contributed by atoms with van der Waals surface area (Å²) in [7, 11) is 0. The largest absolute Gasteiger partial charge is 0.383 e. The Morgan fingerprint density at radius 1 is 1.16 bits per heavy atom. The van der Waals surface area contributed by atoms with Crippen LogP contribution in [0.25, 0.3) is 10.2 Å². The first-order valence-corrected chi connectivity index (χ1v) is 11.6. The Balaban J connectivity index is 1.37. The third kappa shape index (κ3) is 3.99. The van der Waals surface area contributed by atoms with Crippen LogP contribution >= 0.6 is 11.3 Å². The molecule has 31 heavy (non-hydrogen) atoms. The Labute approximate surface area is 184 Å². The molecule has 5 rings (SSSR count). The molecule has 0 spiro atoms. The molecule has 160 valence electrons. The van der Waals surface area contributed by atoms with Gasteiger partial charge in [-0.05, 0) is 66.8 Å². The number of hydrogen-bond donors (Lipinski definition) is 2. The number of pyridine rings is 1. The van der Waals surface area contributed by atoms with E-state index in [1.165, 1.54) is 6.20 Å². The number of nitrogen functional groups attached to an aromatic ring is 1. The number of amides is 2. The fourth-order valence-electron chi connectivity index (χ4n) is 4.40. The fraction of sp³-hybridized carbons (Fsp3) is 0.391. The summed E-state index contributed by atoms with van der Waals surface area (Å²) in [5, 5.41) is 2.74. The second kappa shape index (κ2) is 7.92. The third-order valence-electron chi connectivity index (χ3n) is 6.24. The van der Waals surface area contributed by atoms with Gasteiger partial charge in [0.05, 0.1) is 33.7 Å². The molecule has 2 aliphatic rings. The summed E-state index contributed by atoms with van der Waals surface area (Å²) >= 11 is 1.59. The molecule has 1 aromatic carbocycles. The first-order valence-electron chi connectivity index (χ1n) is 10.7. The number of likely N-dealkylation sites (tertiary alicyclic amines) is 1. The molecule has 1 aliphatic carbocycles. The molecular weight excluding hydrogens is 410 g/mol. The molecule has 1 saturated carbocycles. The highest BCUT2D eigenvalue weighted by Crippen LogP contribution is 2.43. The lowest BCUT2D eigenvalue weighted by Crippen LogP contribution is -2.46. The molecule has 3 aromatic rings. The number of anilines is 2. The number of carbonyl (C=O) groups excluding carboxylic acids is 2. The number of benzene rings is 1. The number of hydrogen-bond acceptors (Lipinski definition) is 6. The minimum absolute atomic E-state index is 0.132. The van der Waals surface area contributed by atoms with Crippen molar-refractivity contribution in [1.29, 1.82) is 0 Å². The van der Waals surface area contributed by atoms with Gasteiger partial charge in [-0.2, -0.15) is 0 Å². The molecule has 1 saturated heterocycles. The van der Waals surface area contributed by atoms with E-state index in [1.807, 2.05) is 29.8 Å². The summed E-state index contributed by atoms with van der Waals surface area (Å²) in [5.74, 6) is 0.0970. The van der Waals surface area contributed by atoms with E-state index in [0.717, 1.165) is 47.0 Å². The zero-order valence-electron chi connectivity index (χ0n) is 17.4. The second-order valence-corrected chi connectivity index (χ2v) is 9.55. The van der Waals surface area contributed by atoms with E-state index in [2.05, 4.69) is 22.2 Å². The minimum Gasteiger partial charge on any atom is -0.383 e. The fourth-order valence-corrected chi connectivity index (χ4v) is 5.06. The van der Waals surface area contributed by atoms with Crippen LogP contribution in [-0.4, -0.2) is 33.2 Å². The zero-order chi connectivity index (χ0) is 21.5. The van der Waals surface area contributed by atoms with E-state index in [4.69, 9.17) is 5.73 Å². The highest BCUT2D eigenvalue weighted by molar-refractivity contribution is 7.16. The molecule has 1 aliphatic heterocycles. The Morgan fingerprint density at radius 3 is 2.81 bits per heavy atom. The zero-order valence-corrected chi connectivity index (χ0v) is 18.2. The molecule has 2 aromatic heterocycles. The number of nitrogens with one attached hydrogen (secondary N) is 1. The summed E-state index contributed by atoms with van der Waals surface area (Å²) in [6, 6.07) is 7.84. The van der Waals surface area contributed by atoms with Gasteiger partial charge in [0.25, 0.3) is 0 Å². The van der Waals surface area contributed by atoms with Crippen molar-refractivity contribution in [3.05, 3.63) is 47.1 Å². The summed E-state index contributed by atoms with van der Waals surface area (Å²) in [6.45, 7) is 2.67. The molecule has 2 amide bonds. The van der Waals surface area contributed by atoms with Gasteiger partial charge in [-0.25, -0.2) is 9.97 Å². The van der Waals surface area contributed by atoms with Crippen LogP contribution in [0.1, 0.15) is 55.7 Å². The molecule has 3 N–H and O–H groups in total. The number of nitrogens with two attached hydrogens (primary N) is 1. The predicted molar refractivity (Wildman–Crippen MR) is 122 cm³/mol. The standard InChI is InChI=1S/C23H25N5O2S/c1-13-2-6-19(15-5-7-20-18(8-15)26-12-31-20)28(11-13)23(30)22(29)27-16-9-17(14-3-4-14)21(24)25-10-16/h5,7-10,12-14,19H,2-4,6,11H2,1H3,(H2,24,25)(H,27,29)/t13-,19+/m0/s1. The number of nitrogens with zero attached hydrogens (tertiary/aromatic N) is 3. The number of rotatable bonds is 3. The maximum atomic E-state index is 13.2. The van der Waals surface area contributed by atoms with Crippen molar-refractivity contribution in [2.75, 3.05) is 17.6 Å². The van der Waals surface area contributed by atoms with Crippen molar-refractivity contribution >= 4 is 44.9 Å². The first kappa shape index (κ1) is 19.9. The van der Waals surface area contributed by atoms with Crippen LogP contribution in [0, 0.1) is 5.92 Å². The summed E-state index contributed by atoms with van der Waals surface area (Å²) < 4.78 is 1.12. The van der Waals surface area contributed by atoms with Gasteiger partial charge in [0.1, 0.15) is 5.82 Å². The lowest BCUT2D eigenvalue weighted by molar-refractivity contribution is -0.146. The van der Waals surface area contributed by atoms with E-state index < -0.39 is 11.8 Å². The predicted octanol–water partition coefficient (Wildman–Crippen LogP) is 4.09. The van der Waals surface area contributed by atoms with E-state index in [1.54, 1.807) is 16.2 Å². The van der Waals surface area contributed by atoms with E-state index in [-0.39, 0.29) is 6.04 Å². The van der Waals surface area contributed by atoms with Crippen LogP contribution in [0.15, 0.2) is 36.0 Å². The molecule has 0 radical (unpaired) electrons. The Hall–Kier alpha value is -3.00. The second-order valence-electron chi connectivity index (χ2n) is 8.66. The SMILES string of the molecule is C[C@H]1CC[C@H](c2ccc3scnc3c2)N(C(=O)C(=O)Nc2cnc(N)c(C3CC3)c2)C1. The molecule has 2 atom stereocenters. The number of fused-ring (bicyclic) bond motifs is 1. The molecule has 0 unspecified atom stereocenters. The lowest BCUT2D eigenvalue weighted by Gasteiger charge is -2.38. The van der Waals surface area contributed by atoms with Crippen molar-refractivity contribution < 1.29 is 9.59 Å². The maximum Gasteiger partial charge on any atom is 0.313 e. The molecule has 8 heteroatoms. The average molecular weight is 436 g/mol. The van der Waals surface area contributed by atoms with Crippen LogP contribution in [0.5, 0.6) is 0 Å². The topological polar surface area (TPSA) is 101 Å². The van der Waals surface area contributed by atoms with Gasteiger partial charge in [-0.15, -0.1) is 11.3 Å². The normalized spacial score (nSPS) is 21.3. The maximum absolute atomic E-state index is 13.2. The van der Waals surface area contributed by atoms with Crippen molar-refractivity contribution in [2.24, 2.45) is 5.92 Å².